The summed E-state index contributed by atoms with van der Waals surface area (Å²) in [5, 5.41) is 6.33. The van der Waals surface area contributed by atoms with Gasteiger partial charge in [-0.3, -0.25) is 4.79 Å². The SMILES string of the molecule is Cc1ccc(/C=N\OCC(=O)N[C@H]2CCS(=O)(=O)C2)cc1. The van der Waals surface area contributed by atoms with Gasteiger partial charge in [0.1, 0.15) is 0 Å². The van der Waals surface area contributed by atoms with Crippen LogP contribution in [0, 0.1) is 6.92 Å². The van der Waals surface area contributed by atoms with Crippen LogP contribution in [-0.4, -0.2) is 44.7 Å². The molecule has 1 aromatic carbocycles. The third-order valence-electron chi connectivity index (χ3n) is 3.15. The number of aryl methyl sites for hydroxylation is 1. The van der Waals surface area contributed by atoms with Gasteiger partial charge < -0.3 is 10.2 Å². The summed E-state index contributed by atoms with van der Waals surface area (Å²) >= 11 is 0. The molecular weight excluding hydrogens is 292 g/mol. The van der Waals surface area contributed by atoms with E-state index in [1.807, 2.05) is 31.2 Å². The number of oxime groups is 1. The number of carbonyl (C=O) groups excluding carboxylic acids is 1. The van der Waals surface area contributed by atoms with Crippen molar-refractivity contribution in [1.29, 1.82) is 0 Å². The molecule has 21 heavy (non-hydrogen) atoms. The largest absolute Gasteiger partial charge is 0.386 e. The molecule has 1 N–H and O–H groups in total. The average molecular weight is 310 g/mol. The molecule has 1 saturated heterocycles. The Morgan fingerprint density at radius 1 is 1.43 bits per heavy atom. The highest BCUT2D eigenvalue weighted by Gasteiger charge is 2.28. The number of benzene rings is 1. The second-order valence-electron chi connectivity index (χ2n) is 5.09. The molecule has 1 amide bonds. The topological polar surface area (TPSA) is 84.8 Å². The van der Waals surface area contributed by atoms with E-state index < -0.39 is 9.84 Å². The average Bonchev–Trinajstić information content (AvgIpc) is 2.76. The van der Waals surface area contributed by atoms with Crippen molar-refractivity contribution in [2.24, 2.45) is 5.16 Å². The summed E-state index contributed by atoms with van der Waals surface area (Å²) in [7, 11) is -2.99. The standard InChI is InChI=1S/C14H18N2O4S/c1-11-2-4-12(5-3-11)8-15-20-9-14(17)16-13-6-7-21(18,19)10-13/h2-5,8,13H,6-7,9-10H2,1H3,(H,16,17)/b15-8-/t13-/m0/s1. The number of sulfone groups is 1. The number of nitrogens with zero attached hydrogens (tertiary/aromatic N) is 1. The fourth-order valence-corrected chi connectivity index (χ4v) is 3.70. The lowest BCUT2D eigenvalue weighted by Gasteiger charge is -2.09. The van der Waals surface area contributed by atoms with Crippen molar-refractivity contribution in [2.75, 3.05) is 18.1 Å². The van der Waals surface area contributed by atoms with Crippen LogP contribution in [0.1, 0.15) is 17.5 Å². The van der Waals surface area contributed by atoms with Crippen LogP contribution in [0.3, 0.4) is 0 Å². The van der Waals surface area contributed by atoms with Gasteiger partial charge in [0, 0.05) is 6.04 Å². The second kappa shape index (κ2) is 6.71. The van der Waals surface area contributed by atoms with Gasteiger partial charge in [-0.15, -0.1) is 0 Å². The van der Waals surface area contributed by atoms with E-state index in [1.165, 1.54) is 6.21 Å². The van der Waals surface area contributed by atoms with Gasteiger partial charge in [0.2, 0.25) is 0 Å². The van der Waals surface area contributed by atoms with Gasteiger partial charge >= 0.3 is 0 Å². The first kappa shape index (κ1) is 15.5. The predicted molar refractivity (Wildman–Crippen MR) is 79.9 cm³/mol. The molecule has 0 radical (unpaired) electrons. The highest BCUT2D eigenvalue weighted by atomic mass is 32.2. The van der Waals surface area contributed by atoms with Gasteiger partial charge in [-0.25, -0.2) is 8.42 Å². The molecule has 0 aromatic heterocycles. The third-order valence-corrected chi connectivity index (χ3v) is 4.91. The van der Waals surface area contributed by atoms with E-state index in [-0.39, 0.29) is 30.1 Å². The minimum atomic E-state index is -2.99. The number of hydrogen-bond donors (Lipinski definition) is 1. The maximum absolute atomic E-state index is 11.6. The fraction of sp³-hybridized carbons (Fsp3) is 0.429. The Balaban J connectivity index is 1.71. The smallest absolute Gasteiger partial charge is 0.261 e. The van der Waals surface area contributed by atoms with Crippen molar-refractivity contribution in [3.8, 4) is 0 Å². The number of amides is 1. The summed E-state index contributed by atoms with van der Waals surface area (Å²) < 4.78 is 22.5. The molecule has 6 nitrogen and oxygen atoms in total. The van der Waals surface area contributed by atoms with Gasteiger partial charge in [0.05, 0.1) is 17.7 Å². The van der Waals surface area contributed by atoms with Crippen LogP contribution in [0.4, 0.5) is 0 Å². The maximum Gasteiger partial charge on any atom is 0.261 e. The van der Waals surface area contributed by atoms with Gasteiger partial charge in [0.25, 0.3) is 5.91 Å². The molecule has 1 atom stereocenters. The molecule has 114 valence electrons. The summed E-state index contributed by atoms with van der Waals surface area (Å²) in [5.74, 6) is -0.228. The van der Waals surface area contributed by atoms with Gasteiger partial charge in [-0.1, -0.05) is 35.0 Å². The molecule has 1 aliphatic heterocycles. The predicted octanol–water partition coefficient (Wildman–Crippen LogP) is 0.649. The molecule has 1 fully saturated rings. The second-order valence-corrected chi connectivity index (χ2v) is 7.31. The van der Waals surface area contributed by atoms with Crippen LogP contribution in [-0.2, 0) is 19.5 Å². The van der Waals surface area contributed by atoms with Gasteiger partial charge in [-0.05, 0) is 18.9 Å². The molecule has 1 aliphatic rings. The van der Waals surface area contributed by atoms with E-state index in [0.717, 1.165) is 11.1 Å². The Hall–Kier alpha value is -1.89. The number of rotatable bonds is 5. The molecule has 1 heterocycles. The lowest BCUT2D eigenvalue weighted by molar-refractivity contribution is -0.126. The zero-order valence-electron chi connectivity index (χ0n) is 11.8. The van der Waals surface area contributed by atoms with E-state index in [0.29, 0.717) is 6.42 Å². The summed E-state index contributed by atoms with van der Waals surface area (Å²) in [6.07, 6.45) is 1.98. The highest BCUT2D eigenvalue weighted by molar-refractivity contribution is 7.91. The van der Waals surface area contributed by atoms with Gasteiger partial charge in [-0.2, -0.15) is 0 Å². The normalized spacial score (nSPS) is 20.5. The summed E-state index contributed by atoms with van der Waals surface area (Å²) in [6.45, 7) is 1.77. The van der Waals surface area contributed by atoms with Crippen molar-refractivity contribution < 1.29 is 18.0 Å². The molecule has 0 spiro atoms. The first-order chi connectivity index (χ1) is 9.94. The highest BCUT2D eigenvalue weighted by Crippen LogP contribution is 2.10. The van der Waals surface area contributed by atoms with Crippen LogP contribution in [0.2, 0.25) is 0 Å². The Morgan fingerprint density at radius 3 is 2.76 bits per heavy atom. The Labute approximate surface area is 124 Å². The lowest BCUT2D eigenvalue weighted by Crippen LogP contribution is -2.37. The summed E-state index contributed by atoms with van der Waals surface area (Å²) in [6, 6.07) is 7.38. The van der Waals surface area contributed by atoms with E-state index >= 15 is 0 Å². The van der Waals surface area contributed by atoms with Gasteiger partial charge in [0.15, 0.2) is 16.4 Å². The molecular formula is C14H18N2O4S. The first-order valence-corrected chi connectivity index (χ1v) is 8.48. The number of nitrogens with one attached hydrogen (secondary N) is 1. The molecule has 0 saturated carbocycles. The van der Waals surface area contributed by atoms with Crippen LogP contribution in [0.15, 0.2) is 29.4 Å². The molecule has 2 rings (SSSR count). The van der Waals surface area contributed by atoms with E-state index in [1.54, 1.807) is 0 Å². The molecule has 7 heteroatoms. The number of hydrogen-bond acceptors (Lipinski definition) is 5. The van der Waals surface area contributed by atoms with Crippen molar-refractivity contribution in [3.63, 3.8) is 0 Å². The fourth-order valence-electron chi connectivity index (χ4n) is 2.02. The summed E-state index contributed by atoms with van der Waals surface area (Å²) in [5.41, 5.74) is 2.03. The van der Waals surface area contributed by atoms with E-state index in [2.05, 4.69) is 10.5 Å². The minimum absolute atomic E-state index is 0.00533. The Bertz CT molecular complexity index is 623. The first-order valence-electron chi connectivity index (χ1n) is 6.66. The van der Waals surface area contributed by atoms with Crippen molar-refractivity contribution in [2.45, 2.75) is 19.4 Å². The van der Waals surface area contributed by atoms with Crippen molar-refractivity contribution in [3.05, 3.63) is 35.4 Å². The van der Waals surface area contributed by atoms with Crippen molar-refractivity contribution >= 4 is 22.0 Å². The summed E-state index contributed by atoms with van der Waals surface area (Å²) in [4.78, 5) is 16.5. The van der Waals surface area contributed by atoms with Crippen molar-refractivity contribution in [1.82, 2.24) is 5.32 Å². The Kier molecular flexibility index (Phi) is 4.95. The van der Waals surface area contributed by atoms with Crippen LogP contribution in [0.5, 0.6) is 0 Å². The zero-order chi connectivity index (χ0) is 15.3. The zero-order valence-corrected chi connectivity index (χ0v) is 12.6. The quantitative estimate of drug-likeness (QED) is 0.639. The van der Waals surface area contributed by atoms with Crippen LogP contribution in [0.25, 0.3) is 0 Å². The number of carbonyl (C=O) groups is 1. The minimum Gasteiger partial charge on any atom is -0.386 e. The molecule has 1 aromatic rings. The molecule has 0 aliphatic carbocycles. The Morgan fingerprint density at radius 2 is 2.14 bits per heavy atom. The molecule has 0 unspecified atom stereocenters. The van der Waals surface area contributed by atoms with E-state index in [9.17, 15) is 13.2 Å². The third kappa shape index (κ3) is 5.18. The monoisotopic (exact) mass is 310 g/mol. The van der Waals surface area contributed by atoms with Crippen LogP contribution >= 0.6 is 0 Å². The lowest BCUT2D eigenvalue weighted by atomic mass is 10.2. The maximum atomic E-state index is 11.6. The molecule has 0 bridgehead atoms. The van der Waals surface area contributed by atoms with Crippen LogP contribution < -0.4 is 5.32 Å². The van der Waals surface area contributed by atoms with E-state index in [4.69, 9.17) is 4.84 Å².